The van der Waals surface area contributed by atoms with Crippen molar-refractivity contribution < 1.29 is 9.59 Å². The van der Waals surface area contributed by atoms with Gasteiger partial charge in [0.25, 0.3) is 5.91 Å². The normalized spacial score (nSPS) is 18.2. The highest BCUT2D eigenvalue weighted by molar-refractivity contribution is 6.35. The zero-order chi connectivity index (χ0) is 21.6. The zero-order valence-electron chi connectivity index (χ0n) is 17.3. The van der Waals surface area contributed by atoms with Gasteiger partial charge in [-0.25, -0.2) is 9.67 Å². The first-order valence-electron chi connectivity index (χ1n) is 10.6. The number of fused-ring (bicyclic) bond motifs is 1. The van der Waals surface area contributed by atoms with Crippen LogP contribution < -0.4 is 5.32 Å². The molecule has 0 unspecified atom stereocenters. The molecule has 1 aromatic carbocycles. The molecule has 1 N–H and O–H groups in total. The number of likely N-dealkylation sites (tertiary alicyclic amines) is 1. The number of nitrogens with zero attached hydrogens (tertiary/aromatic N) is 4. The van der Waals surface area contributed by atoms with Gasteiger partial charge in [0, 0.05) is 24.7 Å². The fourth-order valence-corrected chi connectivity index (χ4v) is 4.56. The Morgan fingerprint density at radius 3 is 2.55 bits per heavy atom. The molecular formula is C23H24ClN5O2. The Hall–Kier alpha value is -2.93. The third kappa shape index (κ3) is 3.78. The number of halogens is 1. The van der Waals surface area contributed by atoms with E-state index in [0.717, 1.165) is 36.8 Å². The van der Waals surface area contributed by atoms with Gasteiger partial charge in [-0.15, -0.1) is 0 Å². The Kier molecular flexibility index (Phi) is 4.93. The summed E-state index contributed by atoms with van der Waals surface area (Å²) in [7, 11) is 0. The fraction of sp³-hybridized carbons (Fsp3) is 0.391. The lowest BCUT2D eigenvalue weighted by molar-refractivity contribution is -0.134. The third-order valence-electron chi connectivity index (χ3n) is 6.60. The van der Waals surface area contributed by atoms with Gasteiger partial charge in [-0.2, -0.15) is 5.10 Å². The van der Waals surface area contributed by atoms with E-state index in [1.807, 2.05) is 23.1 Å². The van der Waals surface area contributed by atoms with E-state index in [9.17, 15) is 9.59 Å². The lowest BCUT2D eigenvalue weighted by Crippen LogP contribution is -2.49. The number of carbonyl (C=O) groups is 2. The summed E-state index contributed by atoms with van der Waals surface area (Å²) in [6.45, 7) is 3.32. The lowest BCUT2D eigenvalue weighted by atomic mass is 9.93. The number of pyridine rings is 1. The molecule has 1 spiro atoms. The second-order valence-corrected chi connectivity index (χ2v) is 9.06. The van der Waals surface area contributed by atoms with Crippen LogP contribution >= 0.6 is 11.6 Å². The number of rotatable bonds is 4. The van der Waals surface area contributed by atoms with E-state index in [4.69, 9.17) is 11.6 Å². The number of carbonyl (C=O) groups excluding carboxylic acids is 2. The predicted molar refractivity (Wildman–Crippen MR) is 118 cm³/mol. The van der Waals surface area contributed by atoms with E-state index >= 15 is 0 Å². The van der Waals surface area contributed by atoms with Crippen molar-refractivity contribution in [2.75, 3.05) is 13.1 Å². The number of aromatic nitrogens is 3. The van der Waals surface area contributed by atoms with Crippen LogP contribution in [-0.4, -0.2) is 50.6 Å². The number of benzene rings is 1. The first-order valence-corrected chi connectivity index (χ1v) is 11.0. The summed E-state index contributed by atoms with van der Waals surface area (Å²) < 4.78 is 1.68. The summed E-state index contributed by atoms with van der Waals surface area (Å²) in [5.74, 6) is 0.248. The van der Waals surface area contributed by atoms with Crippen LogP contribution in [0.2, 0.25) is 5.02 Å². The second kappa shape index (κ2) is 7.64. The van der Waals surface area contributed by atoms with Crippen LogP contribution in [0.4, 0.5) is 0 Å². The molecule has 5 rings (SSSR count). The van der Waals surface area contributed by atoms with Crippen molar-refractivity contribution in [2.45, 2.75) is 38.6 Å². The molecule has 7 nitrogen and oxygen atoms in total. The molecule has 1 atom stereocenters. The number of hydrogen-bond acceptors (Lipinski definition) is 4. The monoisotopic (exact) mass is 437 g/mol. The third-order valence-corrected chi connectivity index (χ3v) is 6.93. The van der Waals surface area contributed by atoms with Gasteiger partial charge in [0.1, 0.15) is 6.04 Å². The van der Waals surface area contributed by atoms with Crippen LogP contribution in [0.1, 0.15) is 43.0 Å². The van der Waals surface area contributed by atoms with Gasteiger partial charge < -0.3 is 10.2 Å². The molecule has 2 fully saturated rings. The van der Waals surface area contributed by atoms with Gasteiger partial charge in [-0.1, -0.05) is 17.7 Å². The smallest absolute Gasteiger partial charge is 0.253 e. The minimum absolute atomic E-state index is 0.0201. The van der Waals surface area contributed by atoms with E-state index in [1.54, 1.807) is 29.9 Å². The molecule has 160 valence electrons. The highest BCUT2D eigenvalue weighted by Gasteiger charge is 2.45. The Morgan fingerprint density at radius 2 is 1.87 bits per heavy atom. The van der Waals surface area contributed by atoms with E-state index in [1.165, 1.54) is 19.0 Å². The summed E-state index contributed by atoms with van der Waals surface area (Å²) in [5, 5.41) is 8.63. The minimum atomic E-state index is -0.572. The van der Waals surface area contributed by atoms with Crippen molar-refractivity contribution in [1.82, 2.24) is 25.0 Å². The Morgan fingerprint density at radius 1 is 1.10 bits per heavy atom. The topological polar surface area (TPSA) is 80.1 Å². The maximum Gasteiger partial charge on any atom is 0.253 e. The van der Waals surface area contributed by atoms with Gasteiger partial charge in [0.2, 0.25) is 5.91 Å². The molecule has 1 aliphatic heterocycles. The summed E-state index contributed by atoms with van der Waals surface area (Å²) in [5.41, 5.74) is 1.75. The van der Waals surface area contributed by atoms with Gasteiger partial charge in [0.05, 0.1) is 22.3 Å². The number of piperidine rings is 1. The van der Waals surface area contributed by atoms with E-state index in [0.29, 0.717) is 21.8 Å². The van der Waals surface area contributed by atoms with Crippen molar-refractivity contribution in [2.24, 2.45) is 5.41 Å². The standard InChI is InChI=1S/C23H24ClN5O2/c1-15(22(31)28-11-9-23(7-8-23)10-12-28)27-21(30)16-5-6-20(25-13-16)29-19-4-2-3-18(24)17(19)14-26-29/h2-6,13-15H,7-12H2,1H3,(H,27,30)/t15-/m1/s1. The van der Waals surface area contributed by atoms with Gasteiger partial charge in [0.15, 0.2) is 5.82 Å². The maximum absolute atomic E-state index is 12.7. The minimum Gasteiger partial charge on any atom is -0.341 e. The predicted octanol–water partition coefficient (Wildman–Crippen LogP) is 3.59. The van der Waals surface area contributed by atoms with Crippen LogP contribution in [0.15, 0.2) is 42.7 Å². The van der Waals surface area contributed by atoms with Crippen LogP contribution in [0, 0.1) is 5.41 Å². The quantitative estimate of drug-likeness (QED) is 0.676. The van der Waals surface area contributed by atoms with Gasteiger partial charge >= 0.3 is 0 Å². The summed E-state index contributed by atoms with van der Waals surface area (Å²) in [6, 6.07) is 8.43. The van der Waals surface area contributed by atoms with Crippen molar-refractivity contribution >= 4 is 34.3 Å². The Bertz CT molecular complexity index is 1140. The Balaban J connectivity index is 1.24. The number of nitrogens with one attached hydrogen (secondary N) is 1. The molecule has 1 saturated heterocycles. The average Bonchev–Trinajstić information content (AvgIpc) is 3.39. The summed E-state index contributed by atoms with van der Waals surface area (Å²) in [6.07, 6.45) is 7.95. The van der Waals surface area contributed by atoms with E-state index in [2.05, 4.69) is 15.4 Å². The van der Waals surface area contributed by atoms with Crippen molar-refractivity contribution in [3.8, 4) is 5.82 Å². The molecule has 31 heavy (non-hydrogen) atoms. The largest absolute Gasteiger partial charge is 0.341 e. The molecular weight excluding hydrogens is 414 g/mol. The van der Waals surface area contributed by atoms with Crippen molar-refractivity contribution in [3.63, 3.8) is 0 Å². The maximum atomic E-state index is 12.7. The highest BCUT2D eigenvalue weighted by Crippen LogP contribution is 2.53. The fourth-order valence-electron chi connectivity index (χ4n) is 4.34. The van der Waals surface area contributed by atoms with E-state index < -0.39 is 6.04 Å². The first kappa shape index (κ1) is 20.0. The molecule has 3 heterocycles. The average molecular weight is 438 g/mol. The zero-order valence-corrected chi connectivity index (χ0v) is 18.1. The first-order chi connectivity index (χ1) is 15.0. The Labute approximate surface area is 185 Å². The highest BCUT2D eigenvalue weighted by atomic mass is 35.5. The second-order valence-electron chi connectivity index (χ2n) is 8.65. The van der Waals surface area contributed by atoms with Crippen LogP contribution in [0.3, 0.4) is 0 Å². The van der Waals surface area contributed by atoms with Crippen molar-refractivity contribution in [1.29, 1.82) is 0 Å². The molecule has 1 aliphatic carbocycles. The van der Waals surface area contributed by atoms with Crippen LogP contribution in [0.5, 0.6) is 0 Å². The molecule has 2 aromatic heterocycles. The van der Waals surface area contributed by atoms with E-state index in [-0.39, 0.29) is 11.8 Å². The molecule has 2 aliphatic rings. The molecule has 0 bridgehead atoms. The molecule has 1 saturated carbocycles. The lowest BCUT2D eigenvalue weighted by Gasteiger charge is -2.33. The van der Waals surface area contributed by atoms with Gasteiger partial charge in [-0.05, 0) is 62.3 Å². The van der Waals surface area contributed by atoms with Gasteiger partial charge in [-0.3, -0.25) is 9.59 Å². The SMILES string of the molecule is C[C@@H](NC(=O)c1ccc(-n2ncc3c(Cl)cccc32)nc1)C(=O)N1CCC2(CC1)CC2. The van der Waals surface area contributed by atoms with Crippen molar-refractivity contribution in [3.05, 3.63) is 53.3 Å². The van der Waals surface area contributed by atoms with Crippen LogP contribution in [-0.2, 0) is 4.79 Å². The number of hydrogen-bond donors (Lipinski definition) is 1. The van der Waals surface area contributed by atoms with Crippen LogP contribution in [0.25, 0.3) is 16.7 Å². The summed E-state index contributed by atoms with van der Waals surface area (Å²) in [4.78, 5) is 31.6. The molecule has 8 heteroatoms. The molecule has 0 radical (unpaired) electrons. The number of amides is 2. The molecule has 3 aromatic rings. The summed E-state index contributed by atoms with van der Waals surface area (Å²) >= 11 is 6.21. The molecule has 2 amide bonds.